The molecule has 0 radical (unpaired) electrons. The van der Waals surface area contributed by atoms with E-state index in [1.165, 1.54) is 48.0 Å². The number of benzene rings is 2. The van der Waals surface area contributed by atoms with E-state index < -0.39 is 22.3 Å². The van der Waals surface area contributed by atoms with Crippen molar-refractivity contribution in [3.8, 4) is 5.75 Å². The van der Waals surface area contributed by atoms with Crippen LogP contribution in [-0.2, 0) is 15.4 Å². The van der Waals surface area contributed by atoms with Gasteiger partial charge in [0.25, 0.3) is 0 Å². The minimum Gasteiger partial charge on any atom is -0.493 e. The molecular weight excluding hydrogens is 415 g/mol. The van der Waals surface area contributed by atoms with Crippen molar-refractivity contribution < 1.29 is 22.7 Å². The molecule has 30 heavy (non-hydrogen) atoms. The second kappa shape index (κ2) is 9.28. The van der Waals surface area contributed by atoms with Crippen LogP contribution < -0.4 is 15.9 Å². The summed E-state index contributed by atoms with van der Waals surface area (Å²) in [4.78, 5) is 11.5. The first-order valence-electron chi connectivity index (χ1n) is 9.52. The Kier molecular flexibility index (Phi) is 6.95. The van der Waals surface area contributed by atoms with Gasteiger partial charge in [-0.15, -0.1) is 11.8 Å². The van der Waals surface area contributed by atoms with E-state index in [1.807, 2.05) is 0 Å². The molecule has 5 nitrogen and oxygen atoms in total. The summed E-state index contributed by atoms with van der Waals surface area (Å²) >= 11 is 1.32. The van der Waals surface area contributed by atoms with E-state index in [0.29, 0.717) is 29.8 Å². The number of carbonyl (C=O) groups is 1. The molecule has 0 spiro atoms. The Morgan fingerprint density at radius 2 is 2.03 bits per heavy atom. The largest absolute Gasteiger partial charge is 0.493 e. The zero-order valence-electron chi connectivity index (χ0n) is 16.8. The molecule has 1 aliphatic rings. The van der Waals surface area contributed by atoms with Crippen LogP contribution in [0.15, 0.2) is 36.4 Å². The zero-order chi connectivity index (χ0) is 21.9. The number of carbonyl (C=O) groups excluding carboxylic acids is 1. The van der Waals surface area contributed by atoms with Gasteiger partial charge in [-0.3, -0.25) is 9.80 Å². The number of thioether (sulfide) groups is 1. The monoisotopic (exact) mass is 439 g/mol. The van der Waals surface area contributed by atoms with Crippen molar-refractivity contribution in [1.29, 1.82) is 0 Å². The number of fused-ring (bicyclic) bond motifs is 1. The highest BCUT2D eigenvalue weighted by Crippen LogP contribution is 2.53. The third-order valence-electron chi connectivity index (χ3n) is 5.15. The van der Waals surface area contributed by atoms with E-state index in [-0.39, 0.29) is 24.2 Å². The maximum atomic E-state index is 14.3. The molecule has 1 heterocycles. The lowest BCUT2D eigenvalue weighted by atomic mass is 9.86. The van der Waals surface area contributed by atoms with Crippen LogP contribution in [0.5, 0.6) is 5.75 Å². The summed E-state index contributed by atoms with van der Waals surface area (Å²) in [6.45, 7) is 2.01. The van der Waals surface area contributed by atoms with E-state index in [4.69, 9.17) is 10.5 Å². The van der Waals surface area contributed by atoms with Crippen LogP contribution in [0.4, 0.5) is 13.2 Å². The summed E-state index contributed by atoms with van der Waals surface area (Å²) < 4.78 is 47.2. The fourth-order valence-corrected chi connectivity index (χ4v) is 5.51. The summed E-state index contributed by atoms with van der Waals surface area (Å²) in [6.07, 6.45) is 0.506. The molecule has 0 unspecified atom stereocenters. The number of rotatable bonds is 7. The van der Waals surface area contributed by atoms with Crippen molar-refractivity contribution in [1.82, 2.24) is 10.4 Å². The van der Waals surface area contributed by atoms with Crippen LogP contribution >= 0.6 is 11.8 Å². The Morgan fingerprint density at radius 1 is 1.27 bits per heavy atom. The highest BCUT2D eigenvalue weighted by Gasteiger charge is 2.51. The van der Waals surface area contributed by atoms with Gasteiger partial charge >= 0.3 is 0 Å². The number of nitrogens with one attached hydrogen (secondary N) is 1. The molecule has 0 aliphatic carbocycles. The van der Waals surface area contributed by atoms with Crippen molar-refractivity contribution in [2.75, 3.05) is 20.2 Å². The molecule has 0 saturated carbocycles. The molecule has 162 valence electrons. The highest BCUT2D eigenvalue weighted by molar-refractivity contribution is 7.99. The van der Waals surface area contributed by atoms with Gasteiger partial charge in [0.2, 0.25) is 5.91 Å². The predicted molar refractivity (Wildman–Crippen MR) is 110 cm³/mol. The lowest BCUT2D eigenvalue weighted by molar-refractivity contribution is -0.139. The molecule has 3 rings (SSSR count). The lowest BCUT2D eigenvalue weighted by Gasteiger charge is -2.50. The molecular formula is C21H24F3N3O2S. The Hall–Kier alpha value is -2.23. The van der Waals surface area contributed by atoms with Crippen LogP contribution in [0.3, 0.4) is 0 Å². The van der Waals surface area contributed by atoms with Crippen LogP contribution in [0, 0.1) is 23.4 Å². The quantitative estimate of drug-likeness (QED) is 0.510. The van der Waals surface area contributed by atoms with Gasteiger partial charge in [-0.1, -0.05) is 6.07 Å². The highest BCUT2D eigenvalue weighted by atomic mass is 32.2. The Morgan fingerprint density at radius 3 is 2.67 bits per heavy atom. The normalized spacial score (nSPS) is 20.4. The molecule has 9 heteroatoms. The summed E-state index contributed by atoms with van der Waals surface area (Å²) in [5.74, 6) is -2.20. The maximum Gasteiger partial charge on any atom is 0.235 e. The maximum absolute atomic E-state index is 14.3. The smallest absolute Gasteiger partial charge is 0.235 e. The minimum atomic E-state index is -1.07. The number of halogens is 3. The summed E-state index contributed by atoms with van der Waals surface area (Å²) in [5.41, 5.74) is 9.79. The standard InChI is InChI=1S/C21H24F3N3O2S/c1-13(28)27(26-2)21(30-12-14-3-5-18(23)19(24)9-14)15(7-8-25)11-29-20-6-4-16(22)10-17(20)21/h3-6,9-10,15,26H,7-8,11-12,25H2,1-2H3/t15-,21+/m1/s1. The average Bonchev–Trinajstić information content (AvgIpc) is 2.71. The van der Waals surface area contributed by atoms with E-state index in [2.05, 4.69) is 5.43 Å². The van der Waals surface area contributed by atoms with Gasteiger partial charge in [0.15, 0.2) is 11.6 Å². The molecule has 2 aromatic rings. The predicted octanol–water partition coefficient (Wildman–Crippen LogP) is 3.53. The molecule has 0 saturated heterocycles. The number of hydrazine groups is 1. The van der Waals surface area contributed by atoms with Crippen molar-refractivity contribution in [2.24, 2.45) is 11.7 Å². The lowest BCUT2D eigenvalue weighted by Crippen LogP contribution is -2.59. The zero-order valence-corrected chi connectivity index (χ0v) is 17.6. The molecule has 2 aromatic carbocycles. The van der Waals surface area contributed by atoms with Crippen LogP contribution in [0.2, 0.25) is 0 Å². The number of nitrogens with zero attached hydrogens (tertiary/aromatic N) is 1. The molecule has 0 bridgehead atoms. The van der Waals surface area contributed by atoms with Gasteiger partial charge in [0.1, 0.15) is 16.4 Å². The first-order chi connectivity index (χ1) is 14.3. The van der Waals surface area contributed by atoms with Crippen molar-refractivity contribution in [3.05, 3.63) is 65.0 Å². The van der Waals surface area contributed by atoms with Gasteiger partial charge in [0, 0.05) is 31.2 Å². The van der Waals surface area contributed by atoms with E-state index in [1.54, 1.807) is 7.05 Å². The van der Waals surface area contributed by atoms with Crippen molar-refractivity contribution in [2.45, 2.75) is 24.0 Å². The number of hydrogen-bond acceptors (Lipinski definition) is 5. The van der Waals surface area contributed by atoms with Gasteiger partial charge in [-0.05, 0) is 48.9 Å². The summed E-state index contributed by atoms with van der Waals surface area (Å²) in [7, 11) is 1.61. The second-order valence-electron chi connectivity index (χ2n) is 7.04. The van der Waals surface area contributed by atoms with Crippen LogP contribution in [-0.4, -0.2) is 31.1 Å². The van der Waals surface area contributed by atoms with Gasteiger partial charge in [-0.25, -0.2) is 18.6 Å². The molecule has 1 aliphatic heterocycles. The van der Waals surface area contributed by atoms with Gasteiger partial charge in [0.05, 0.1) is 6.61 Å². The average molecular weight is 440 g/mol. The number of nitrogens with two attached hydrogens (primary N) is 1. The molecule has 2 atom stereocenters. The number of amides is 1. The molecule has 1 amide bonds. The Balaban J connectivity index is 2.14. The topological polar surface area (TPSA) is 67.6 Å². The van der Waals surface area contributed by atoms with E-state index in [9.17, 15) is 18.0 Å². The van der Waals surface area contributed by atoms with Crippen molar-refractivity contribution >= 4 is 17.7 Å². The fourth-order valence-electron chi connectivity index (χ4n) is 3.85. The summed E-state index contributed by atoms with van der Waals surface area (Å²) in [6, 6.07) is 7.85. The second-order valence-corrected chi connectivity index (χ2v) is 8.24. The van der Waals surface area contributed by atoms with Crippen LogP contribution in [0.1, 0.15) is 24.5 Å². The Bertz CT molecular complexity index is 930. The number of ether oxygens (including phenoxy) is 1. The molecule has 0 fully saturated rings. The number of hydrogen-bond donors (Lipinski definition) is 2. The van der Waals surface area contributed by atoms with E-state index >= 15 is 0 Å². The molecule has 0 aromatic heterocycles. The minimum absolute atomic E-state index is 0.250. The van der Waals surface area contributed by atoms with Gasteiger partial charge < -0.3 is 10.5 Å². The SMILES string of the molecule is CNN(C(C)=O)[C@@]1(SCc2ccc(F)c(F)c2)c2cc(F)ccc2OC[C@H]1CCN. The van der Waals surface area contributed by atoms with Crippen LogP contribution in [0.25, 0.3) is 0 Å². The first kappa shape index (κ1) is 22.5. The molecule has 3 N–H and O–H groups in total. The summed E-state index contributed by atoms with van der Waals surface area (Å²) in [5, 5.41) is 1.44. The Labute approximate surface area is 177 Å². The third kappa shape index (κ3) is 4.14. The first-order valence-corrected chi connectivity index (χ1v) is 10.5. The van der Waals surface area contributed by atoms with E-state index in [0.717, 1.165) is 12.1 Å². The third-order valence-corrected chi connectivity index (χ3v) is 6.80. The van der Waals surface area contributed by atoms with Crippen molar-refractivity contribution in [3.63, 3.8) is 0 Å². The fraction of sp³-hybridized carbons (Fsp3) is 0.381. The van der Waals surface area contributed by atoms with Gasteiger partial charge in [-0.2, -0.15) is 0 Å².